The third kappa shape index (κ3) is 5.34. The van der Waals surface area contributed by atoms with Crippen LogP contribution >= 0.6 is 0 Å². The van der Waals surface area contributed by atoms with E-state index in [1.165, 1.54) is 5.56 Å². The zero-order chi connectivity index (χ0) is 21.6. The predicted octanol–water partition coefficient (Wildman–Crippen LogP) is 4.18. The average Bonchev–Trinajstić information content (AvgIpc) is 3.58. The highest BCUT2D eigenvalue weighted by Crippen LogP contribution is 2.40. The number of nitrogens with one attached hydrogen (secondary N) is 2. The number of hydrogen-bond acceptors (Lipinski definition) is 4. The minimum Gasteiger partial charge on any atom is -0.398 e. The van der Waals surface area contributed by atoms with Crippen LogP contribution in [0.25, 0.3) is 5.70 Å². The van der Waals surface area contributed by atoms with Crippen molar-refractivity contribution in [1.82, 2.24) is 5.32 Å². The highest BCUT2D eigenvalue weighted by Gasteiger charge is 2.39. The molecule has 1 amide bonds. The van der Waals surface area contributed by atoms with Gasteiger partial charge in [-0.3, -0.25) is 4.79 Å². The van der Waals surface area contributed by atoms with Crippen molar-refractivity contribution in [2.24, 2.45) is 11.5 Å². The molecule has 1 aliphatic rings. The normalized spacial score (nSPS) is 18.3. The second kappa shape index (κ2) is 9.22. The van der Waals surface area contributed by atoms with Gasteiger partial charge >= 0.3 is 0 Å². The maximum atomic E-state index is 12.7. The fourth-order valence-corrected chi connectivity index (χ4v) is 3.53. The van der Waals surface area contributed by atoms with Crippen LogP contribution in [0.3, 0.4) is 0 Å². The minimum atomic E-state index is -0.0807. The van der Waals surface area contributed by atoms with Crippen LogP contribution in [0.1, 0.15) is 33.8 Å². The number of carbonyl (C=O) groups is 1. The molecule has 156 valence electrons. The topological polar surface area (TPSA) is 93.2 Å². The van der Waals surface area contributed by atoms with Gasteiger partial charge in [0.1, 0.15) is 5.82 Å². The van der Waals surface area contributed by atoms with Crippen molar-refractivity contribution in [1.29, 1.82) is 0 Å². The largest absolute Gasteiger partial charge is 0.398 e. The quantitative estimate of drug-likeness (QED) is 0.440. The number of nitrogens with two attached hydrogens (primary N) is 2. The van der Waals surface area contributed by atoms with E-state index in [1.807, 2.05) is 60.7 Å². The Kier molecular flexibility index (Phi) is 6.03. The number of benzene rings is 3. The fourth-order valence-electron chi connectivity index (χ4n) is 3.53. The number of allylic oxidation sites excluding steroid dienone is 2. The molecule has 2 atom stereocenters. The number of carbonyl (C=O) groups excluding carboxylic acids is 1. The Hall–Kier alpha value is -3.99. The smallest absolute Gasteiger partial charge is 0.251 e. The maximum Gasteiger partial charge on any atom is 0.251 e. The van der Waals surface area contributed by atoms with Crippen molar-refractivity contribution in [2.75, 3.05) is 5.32 Å². The first-order chi connectivity index (χ1) is 15.1. The molecule has 0 radical (unpaired) electrons. The van der Waals surface area contributed by atoms with Crippen LogP contribution in [0.4, 0.5) is 5.69 Å². The van der Waals surface area contributed by atoms with E-state index in [1.54, 1.807) is 24.3 Å². The monoisotopic (exact) mass is 410 g/mol. The van der Waals surface area contributed by atoms with E-state index in [2.05, 4.69) is 22.8 Å². The first-order valence-electron chi connectivity index (χ1n) is 10.3. The van der Waals surface area contributed by atoms with Gasteiger partial charge in [-0.25, -0.2) is 0 Å². The van der Waals surface area contributed by atoms with Gasteiger partial charge < -0.3 is 22.1 Å². The first kappa shape index (κ1) is 20.3. The molecule has 3 aromatic carbocycles. The van der Waals surface area contributed by atoms with Gasteiger partial charge in [0.2, 0.25) is 0 Å². The van der Waals surface area contributed by atoms with E-state index < -0.39 is 0 Å². The highest BCUT2D eigenvalue weighted by atomic mass is 16.1. The molecular weight excluding hydrogens is 384 g/mol. The summed E-state index contributed by atoms with van der Waals surface area (Å²) in [5.74, 6) is 0.748. The summed E-state index contributed by atoms with van der Waals surface area (Å²) >= 11 is 0. The molecule has 0 bridgehead atoms. The lowest BCUT2D eigenvalue weighted by molar-refractivity contribution is 0.0950. The first-order valence-corrected chi connectivity index (χ1v) is 10.3. The van der Waals surface area contributed by atoms with Crippen LogP contribution in [0.15, 0.2) is 103 Å². The van der Waals surface area contributed by atoms with Crippen molar-refractivity contribution < 1.29 is 4.79 Å². The molecule has 6 N–H and O–H groups in total. The number of rotatable bonds is 7. The second-order valence-electron chi connectivity index (χ2n) is 7.65. The summed E-state index contributed by atoms with van der Waals surface area (Å²) in [5.41, 5.74) is 16.3. The molecule has 5 nitrogen and oxygen atoms in total. The number of anilines is 1. The maximum absolute atomic E-state index is 12.7. The summed E-state index contributed by atoms with van der Waals surface area (Å²) in [6, 6.07) is 27.4. The molecule has 4 rings (SSSR count). The van der Waals surface area contributed by atoms with Gasteiger partial charge in [-0.2, -0.15) is 0 Å². The Morgan fingerprint density at radius 1 is 0.839 bits per heavy atom. The summed E-state index contributed by atoms with van der Waals surface area (Å²) in [6.45, 7) is 0. The minimum absolute atomic E-state index is 0.0807. The fraction of sp³-hybridized carbons (Fsp3) is 0.115. The predicted molar refractivity (Wildman–Crippen MR) is 126 cm³/mol. The second-order valence-corrected chi connectivity index (χ2v) is 7.65. The zero-order valence-corrected chi connectivity index (χ0v) is 17.2. The Bertz CT molecular complexity index is 1110. The molecule has 0 heterocycles. The van der Waals surface area contributed by atoms with E-state index in [0.717, 1.165) is 17.7 Å². The molecule has 0 unspecified atom stereocenters. The standard InChI is InChI=1S/C26H26N4O/c27-23(19-10-5-2-6-11-19)14-15-25(28)29-21-13-7-12-20(16-21)26(31)30-24-17-22(24)18-8-3-1-4-9-18/h1-16,22,24,29H,17,27-28H2,(H,30,31)/b23-14-,25-15+/t22-,24+/m0/s1. The molecule has 1 aliphatic carbocycles. The Morgan fingerprint density at radius 3 is 2.26 bits per heavy atom. The van der Waals surface area contributed by atoms with Gasteiger partial charge in [0, 0.05) is 28.9 Å². The third-order valence-corrected chi connectivity index (χ3v) is 5.30. The molecule has 0 saturated heterocycles. The Balaban J connectivity index is 1.36. The summed E-state index contributed by atoms with van der Waals surface area (Å²) in [7, 11) is 0. The van der Waals surface area contributed by atoms with Gasteiger partial charge in [0.15, 0.2) is 0 Å². The highest BCUT2D eigenvalue weighted by molar-refractivity contribution is 5.95. The van der Waals surface area contributed by atoms with E-state index in [-0.39, 0.29) is 11.9 Å². The van der Waals surface area contributed by atoms with Crippen LogP contribution in [0.5, 0.6) is 0 Å². The van der Waals surface area contributed by atoms with Crippen molar-refractivity contribution in [3.05, 3.63) is 120 Å². The van der Waals surface area contributed by atoms with E-state index >= 15 is 0 Å². The lowest BCUT2D eigenvalue weighted by atomic mass is 10.1. The summed E-state index contributed by atoms with van der Waals surface area (Å²) < 4.78 is 0. The zero-order valence-electron chi connectivity index (χ0n) is 17.2. The summed E-state index contributed by atoms with van der Waals surface area (Å²) in [4.78, 5) is 12.7. The van der Waals surface area contributed by atoms with Gasteiger partial charge in [0.05, 0.1) is 0 Å². The molecule has 3 aromatic rings. The summed E-state index contributed by atoms with van der Waals surface area (Å²) in [5, 5.41) is 6.23. The van der Waals surface area contributed by atoms with E-state index in [9.17, 15) is 4.79 Å². The molecule has 0 spiro atoms. The van der Waals surface area contributed by atoms with Crippen molar-refractivity contribution in [3.63, 3.8) is 0 Å². The third-order valence-electron chi connectivity index (χ3n) is 5.30. The molecule has 0 aliphatic heterocycles. The van der Waals surface area contributed by atoms with Gasteiger partial charge in [-0.05, 0) is 47.9 Å². The van der Waals surface area contributed by atoms with E-state index in [0.29, 0.717) is 23.0 Å². The van der Waals surface area contributed by atoms with Crippen LogP contribution in [0.2, 0.25) is 0 Å². The van der Waals surface area contributed by atoms with Crippen molar-refractivity contribution in [3.8, 4) is 0 Å². The Labute approximate surface area is 182 Å². The lowest BCUT2D eigenvalue weighted by Gasteiger charge is -2.09. The van der Waals surface area contributed by atoms with Crippen molar-refractivity contribution >= 4 is 17.3 Å². The molecular formula is C26H26N4O. The number of amides is 1. The van der Waals surface area contributed by atoms with Crippen molar-refractivity contribution in [2.45, 2.75) is 18.4 Å². The molecule has 1 fully saturated rings. The molecule has 31 heavy (non-hydrogen) atoms. The van der Waals surface area contributed by atoms with Gasteiger partial charge in [0.25, 0.3) is 5.91 Å². The van der Waals surface area contributed by atoms with Gasteiger partial charge in [-0.1, -0.05) is 66.7 Å². The number of hydrogen-bond donors (Lipinski definition) is 4. The van der Waals surface area contributed by atoms with Crippen LogP contribution in [-0.4, -0.2) is 11.9 Å². The Morgan fingerprint density at radius 2 is 1.52 bits per heavy atom. The van der Waals surface area contributed by atoms with E-state index in [4.69, 9.17) is 11.5 Å². The molecule has 0 aromatic heterocycles. The lowest BCUT2D eigenvalue weighted by Crippen LogP contribution is -2.26. The van der Waals surface area contributed by atoms with Gasteiger partial charge in [-0.15, -0.1) is 0 Å². The summed E-state index contributed by atoms with van der Waals surface area (Å²) in [6.07, 6.45) is 4.44. The van der Waals surface area contributed by atoms with Crippen LogP contribution in [0, 0.1) is 0 Å². The van der Waals surface area contributed by atoms with Crippen LogP contribution in [-0.2, 0) is 0 Å². The molecule has 5 heteroatoms. The average molecular weight is 411 g/mol. The SMILES string of the molecule is N/C(=C\C=C(/N)Nc1cccc(C(=O)N[C@@H]2C[C@H]2c2ccccc2)c1)c1ccccc1. The molecule has 1 saturated carbocycles. The van der Waals surface area contributed by atoms with Crippen LogP contribution < -0.4 is 22.1 Å².